The largest absolute Gasteiger partial charge is 0.504 e. The predicted molar refractivity (Wildman–Crippen MR) is 244 cm³/mol. The van der Waals surface area contributed by atoms with Gasteiger partial charge in [0.05, 0.1) is 27.8 Å². The molecule has 6 aromatic rings. The van der Waals surface area contributed by atoms with E-state index in [2.05, 4.69) is 0 Å². The molecule has 0 saturated carbocycles. The van der Waals surface area contributed by atoms with Crippen molar-refractivity contribution in [3.05, 3.63) is 75.8 Å². The van der Waals surface area contributed by atoms with Gasteiger partial charge < -0.3 is 125 Å². The van der Waals surface area contributed by atoms with Crippen LogP contribution in [0.1, 0.15) is 62.1 Å². The van der Waals surface area contributed by atoms with Gasteiger partial charge in [0.15, 0.2) is 81.2 Å². The number of phenolic OH excluding ortho intramolecular Hbond substituents is 17. The molecule has 6 aromatic carbocycles. The van der Waals surface area contributed by atoms with E-state index in [4.69, 9.17) is 33.2 Å². The molecule has 3 aliphatic heterocycles. The Morgan fingerprint density at radius 3 is 1.25 bits per heavy atom. The van der Waals surface area contributed by atoms with Crippen LogP contribution in [0, 0.1) is 0 Å². The van der Waals surface area contributed by atoms with Crippen LogP contribution in [0.25, 0.3) is 22.3 Å². The van der Waals surface area contributed by atoms with Crippen LogP contribution in [0.2, 0.25) is 0 Å². The summed E-state index contributed by atoms with van der Waals surface area (Å²) in [7, 11) is 0. The van der Waals surface area contributed by atoms with Crippen LogP contribution in [0.3, 0.4) is 0 Å². The summed E-state index contributed by atoms with van der Waals surface area (Å²) in [6.07, 6.45) is -12.9. The van der Waals surface area contributed by atoms with Gasteiger partial charge >= 0.3 is 35.8 Å². The summed E-state index contributed by atoms with van der Waals surface area (Å²) in [6, 6.07) is 2.82. The molecule has 0 aliphatic carbocycles. The molecule has 31 heteroatoms. The number of carboxylic acid groups (broad SMARTS) is 1. The molecule has 1 fully saturated rings. The first kappa shape index (κ1) is 52.4. The van der Waals surface area contributed by atoms with Crippen LogP contribution in [0.4, 0.5) is 0 Å². The third-order valence-electron chi connectivity index (χ3n) is 12.3. The summed E-state index contributed by atoms with van der Waals surface area (Å²) < 4.78 is 39.2. The van der Waals surface area contributed by atoms with Crippen molar-refractivity contribution in [2.45, 2.75) is 30.7 Å². The molecule has 18 N–H and O–H groups in total. The average Bonchev–Trinajstić information content (AvgIpc) is 3.50. The molecule has 79 heavy (non-hydrogen) atoms. The van der Waals surface area contributed by atoms with Gasteiger partial charge in [0, 0.05) is 28.3 Å². The van der Waals surface area contributed by atoms with E-state index in [1.54, 1.807) is 0 Å². The minimum absolute atomic E-state index is 0.359. The van der Waals surface area contributed by atoms with E-state index < -0.39 is 238 Å². The fraction of sp³-hybridized carbons (Fsp3) is 0.125. The standard InChI is InChI=1S/C48H32O31/c49-15-1-9(2-21(27(15)55)74-38-14(42(66)67)7-20(54)32(60)37(38)65)43(68)79-48-41-40(77-46(71)12-5-18(52)30(58)35(63)25(12)26-13(47(72)78-41)6-19(53)31(59)36(26)64)39-22(75-48)8-73-44(69)10-3-16(50)28(56)33(61)23(10)24-11(45(70)76-39)4-17(51)29(57)34(24)62/h1-7,22,39-41,48-65H,8H2,(H,66,67). The van der Waals surface area contributed by atoms with Crippen LogP contribution in [-0.2, 0) is 28.4 Å². The molecule has 5 unspecified atom stereocenters. The number of esters is 5. The number of carboxylic acids is 1. The number of hydrogen-bond donors (Lipinski definition) is 18. The van der Waals surface area contributed by atoms with E-state index in [1.165, 1.54) is 0 Å². The van der Waals surface area contributed by atoms with Crippen molar-refractivity contribution >= 4 is 35.8 Å². The number of fused-ring (bicyclic) bond motifs is 9. The van der Waals surface area contributed by atoms with Gasteiger partial charge in [0.25, 0.3) is 0 Å². The van der Waals surface area contributed by atoms with Crippen molar-refractivity contribution < 1.29 is 154 Å². The van der Waals surface area contributed by atoms with Crippen molar-refractivity contribution in [1.82, 2.24) is 0 Å². The van der Waals surface area contributed by atoms with Crippen molar-refractivity contribution in [2.75, 3.05) is 6.61 Å². The average molecular weight is 1100 g/mol. The van der Waals surface area contributed by atoms with E-state index in [-0.39, 0.29) is 0 Å². The Kier molecular flexibility index (Phi) is 12.4. The Hall–Kier alpha value is -11.5. The topological polar surface area (TPSA) is 531 Å². The highest BCUT2D eigenvalue weighted by Crippen LogP contribution is 2.56. The lowest BCUT2D eigenvalue weighted by atomic mass is 9.91. The fourth-order valence-corrected chi connectivity index (χ4v) is 8.50. The van der Waals surface area contributed by atoms with Gasteiger partial charge in [0.2, 0.25) is 52.6 Å². The number of carbonyl (C=O) groups is 6. The number of rotatable bonds is 5. The van der Waals surface area contributed by atoms with Crippen LogP contribution < -0.4 is 4.74 Å². The summed E-state index contributed by atoms with van der Waals surface area (Å²) in [5, 5.41) is 191. The number of ether oxygens (including phenoxy) is 7. The molecule has 3 aliphatic rings. The van der Waals surface area contributed by atoms with E-state index in [1.807, 2.05) is 0 Å². The first-order valence-electron chi connectivity index (χ1n) is 21.7. The fourth-order valence-electron chi connectivity index (χ4n) is 8.50. The van der Waals surface area contributed by atoms with E-state index >= 15 is 0 Å². The van der Waals surface area contributed by atoms with Gasteiger partial charge in [-0.25, -0.2) is 28.8 Å². The molecular weight excluding hydrogens is 1070 g/mol. The highest BCUT2D eigenvalue weighted by molar-refractivity contribution is 6.10. The van der Waals surface area contributed by atoms with Crippen LogP contribution in [-0.4, -0.2) is 165 Å². The van der Waals surface area contributed by atoms with E-state index in [9.17, 15) is 121 Å². The quantitative estimate of drug-likeness (QED) is 0.0670. The first-order chi connectivity index (χ1) is 37.1. The van der Waals surface area contributed by atoms with Gasteiger partial charge in [-0.05, 0) is 36.4 Å². The highest BCUT2D eigenvalue weighted by atomic mass is 16.7. The normalized spacial score (nSPS) is 18.7. The van der Waals surface area contributed by atoms with E-state index in [0.29, 0.717) is 42.5 Å². The molecule has 0 amide bonds. The number of cyclic esters (lactones) is 1. The number of aromatic hydroxyl groups is 17. The summed E-state index contributed by atoms with van der Waals surface area (Å²) in [4.78, 5) is 84.2. The SMILES string of the molecule is O=C(OC1OC2COC(=O)c3cc(O)c(O)c(O)c3-c3c(cc(O)c(O)c3O)C(=O)OC2C2OC(=O)c3cc(O)c(O)c(O)c3-c3c(cc(O)c(O)c3O)C(=O)OC12)c1cc(O)c(O)c(Oc2c(C(=O)O)cc(O)c(O)c2O)c1. The van der Waals surface area contributed by atoms with Crippen molar-refractivity contribution in [3.63, 3.8) is 0 Å². The molecule has 0 bridgehead atoms. The van der Waals surface area contributed by atoms with Gasteiger partial charge in [-0.2, -0.15) is 0 Å². The van der Waals surface area contributed by atoms with E-state index in [0.717, 1.165) is 0 Å². The maximum absolute atomic E-state index is 14.6. The molecule has 0 radical (unpaired) electrons. The number of aromatic carboxylic acids is 1. The Balaban J connectivity index is 1.24. The Morgan fingerprint density at radius 1 is 0.430 bits per heavy atom. The highest BCUT2D eigenvalue weighted by Gasteiger charge is 2.56. The second-order valence-electron chi connectivity index (χ2n) is 16.9. The zero-order chi connectivity index (χ0) is 57.7. The maximum Gasteiger partial charge on any atom is 0.340 e. The number of phenols is 17. The third-order valence-corrected chi connectivity index (χ3v) is 12.3. The zero-order valence-corrected chi connectivity index (χ0v) is 38.5. The zero-order valence-electron chi connectivity index (χ0n) is 38.5. The Morgan fingerprint density at radius 2 is 0.810 bits per heavy atom. The molecule has 410 valence electrons. The molecule has 0 aromatic heterocycles. The molecule has 9 rings (SSSR count). The lowest BCUT2D eigenvalue weighted by Crippen LogP contribution is -2.63. The van der Waals surface area contributed by atoms with Crippen molar-refractivity contribution in [1.29, 1.82) is 0 Å². The monoisotopic (exact) mass is 1100 g/mol. The predicted octanol–water partition coefficient (Wildman–Crippen LogP) is 2.55. The first-order valence-corrected chi connectivity index (χ1v) is 21.7. The maximum atomic E-state index is 14.6. The molecular formula is C48H32O31. The summed E-state index contributed by atoms with van der Waals surface area (Å²) in [5.74, 6) is -36.9. The molecule has 3 heterocycles. The lowest BCUT2D eigenvalue weighted by Gasteiger charge is -2.44. The third kappa shape index (κ3) is 8.40. The van der Waals surface area contributed by atoms with Crippen molar-refractivity contribution in [2.24, 2.45) is 0 Å². The summed E-state index contributed by atoms with van der Waals surface area (Å²) in [6.45, 7) is -1.36. The minimum atomic E-state index is -2.71. The Bertz CT molecular complexity index is 3730. The molecule has 0 spiro atoms. The van der Waals surface area contributed by atoms with Gasteiger partial charge in [-0.15, -0.1) is 0 Å². The lowest BCUT2D eigenvalue weighted by molar-refractivity contribution is -0.282. The second-order valence-corrected chi connectivity index (χ2v) is 16.9. The van der Waals surface area contributed by atoms with Gasteiger partial charge in [-0.3, -0.25) is 0 Å². The molecule has 5 atom stereocenters. The van der Waals surface area contributed by atoms with Crippen LogP contribution in [0.15, 0.2) is 42.5 Å². The van der Waals surface area contributed by atoms with Crippen molar-refractivity contribution in [3.8, 4) is 131 Å². The summed E-state index contributed by atoms with van der Waals surface area (Å²) in [5.41, 5.74) is -11.1. The summed E-state index contributed by atoms with van der Waals surface area (Å²) >= 11 is 0. The second kappa shape index (κ2) is 18.7. The van der Waals surface area contributed by atoms with Gasteiger partial charge in [0.1, 0.15) is 18.3 Å². The van der Waals surface area contributed by atoms with Crippen LogP contribution in [0.5, 0.6) is 109 Å². The minimum Gasteiger partial charge on any atom is -0.504 e. The van der Waals surface area contributed by atoms with Gasteiger partial charge in [-0.1, -0.05) is 0 Å². The molecule has 1 saturated heterocycles. The number of carbonyl (C=O) groups excluding carboxylic acids is 5. The van der Waals surface area contributed by atoms with Crippen LogP contribution >= 0.6 is 0 Å². The molecule has 31 nitrogen and oxygen atoms in total. The number of benzene rings is 6. The number of hydrogen-bond acceptors (Lipinski definition) is 30. The smallest absolute Gasteiger partial charge is 0.340 e. The Labute approximate surface area is 433 Å².